The van der Waals surface area contributed by atoms with Crippen molar-refractivity contribution in [3.05, 3.63) is 23.8 Å². The fourth-order valence-corrected chi connectivity index (χ4v) is 1.23. The topological polar surface area (TPSA) is 76.0 Å². The van der Waals surface area contributed by atoms with Crippen LogP contribution in [0.1, 0.15) is 11.7 Å². The molecule has 0 fully saturated rings. The summed E-state index contributed by atoms with van der Waals surface area (Å²) >= 11 is 0. The number of rotatable bonds is 5. The molecule has 2 N–H and O–H groups in total. The van der Waals surface area contributed by atoms with E-state index in [1.165, 1.54) is 0 Å². The number of hydrogen-bond donors (Lipinski definition) is 2. The van der Waals surface area contributed by atoms with Gasteiger partial charge in [-0.2, -0.15) is 8.78 Å². The molecule has 10 heteroatoms. The predicted octanol–water partition coefficient (Wildman–Crippen LogP) is 2.30. The van der Waals surface area contributed by atoms with E-state index in [1.807, 2.05) is 0 Å². The number of alkyl halides is 5. The monoisotopic (exact) mass is 302 g/mol. The largest absolute Gasteiger partial charge is 0.573 e. The Labute approximate surface area is 108 Å². The maximum Gasteiger partial charge on any atom is 0.573 e. The number of aliphatic hydroxyl groups is 1. The van der Waals surface area contributed by atoms with Crippen LogP contribution in [0.4, 0.5) is 22.0 Å². The Morgan fingerprint density at radius 3 is 2.25 bits per heavy atom. The normalized spacial score (nSPS) is 13.2. The third-order valence-corrected chi connectivity index (χ3v) is 1.96. The van der Waals surface area contributed by atoms with Gasteiger partial charge in [0, 0.05) is 0 Å². The minimum Gasteiger partial charge on any atom is -0.479 e. The third kappa shape index (κ3) is 4.53. The number of carbonyl (C=O) groups is 1. The van der Waals surface area contributed by atoms with E-state index in [-0.39, 0.29) is 0 Å². The summed E-state index contributed by atoms with van der Waals surface area (Å²) in [6.07, 6.45) is -7.25. The van der Waals surface area contributed by atoms with Crippen LogP contribution in [0.15, 0.2) is 18.2 Å². The van der Waals surface area contributed by atoms with Crippen molar-refractivity contribution >= 4 is 5.97 Å². The quantitative estimate of drug-likeness (QED) is 0.816. The second-order valence-corrected chi connectivity index (χ2v) is 3.37. The summed E-state index contributed by atoms with van der Waals surface area (Å²) in [5, 5.41) is 17.7. The summed E-state index contributed by atoms with van der Waals surface area (Å²) in [6.45, 7) is -3.46. The van der Waals surface area contributed by atoms with Crippen LogP contribution in [0.5, 0.6) is 11.5 Å². The van der Waals surface area contributed by atoms with E-state index in [0.717, 1.165) is 6.07 Å². The van der Waals surface area contributed by atoms with Crippen LogP contribution < -0.4 is 9.47 Å². The van der Waals surface area contributed by atoms with Crippen LogP contribution in [-0.2, 0) is 4.79 Å². The number of ether oxygens (including phenoxy) is 2. The molecule has 1 atom stereocenters. The predicted molar refractivity (Wildman–Crippen MR) is 52.4 cm³/mol. The van der Waals surface area contributed by atoms with E-state index in [1.54, 1.807) is 0 Å². The maximum atomic E-state index is 12.1. The molecule has 20 heavy (non-hydrogen) atoms. The van der Waals surface area contributed by atoms with Gasteiger partial charge in [-0.05, 0) is 17.7 Å². The van der Waals surface area contributed by atoms with E-state index in [4.69, 9.17) is 5.11 Å². The van der Waals surface area contributed by atoms with Gasteiger partial charge in [-0.25, -0.2) is 4.79 Å². The number of aliphatic hydroxyl groups excluding tert-OH is 1. The lowest BCUT2D eigenvalue weighted by Crippen LogP contribution is -2.18. The standard InChI is InChI=1S/C10H7F5O5/c11-9(12)19-6-3-4(7(16)8(17)18)1-2-5(6)20-10(13,14)15/h1-3,7,9,16H,(H,17,18). The molecule has 0 aliphatic carbocycles. The fraction of sp³-hybridized carbons (Fsp3) is 0.300. The van der Waals surface area contributed by atoms with Gasteiger partial charge in [0.25, 0.3) is 0 Å². The Balaban J connectivity index is 3.15. The second kappa shape index (κ2) is 5.90. The fourth-order valence-electron chi connectivity index (χ4n) is 1.23. The summed E-state index contributed by atoms with van der Waals surface area (Å²) in [6, 6.07) is 1.86. The van der Waals surface area contributed by atoms with Crippen molar-refractivity contribution in [2.75, 3.05) is 0 Å². The molecule has 0 heterocycles. The summed E-state index contributed by atoms with van der Waals surface area (Å²) < 4.78 is 67.5. The molecule has 1 aromatic carbocycles. The van der Waals surface area contributed by atoms with Gasteiger partial charge in [0.1, 0.15) is 0 Å². The molecule has 1 unspecified atom stereocenters. The maximum absolute atomic E-state index is 12.1. The second-order valence-electron chi connectivity index (χ2n) is 3.37. The zero-order valence-electron chi connectivity index (χ0n) is 9.40. The highest BCUT2D eigenvalue weighted by Crippen LogP contribution is 2.35. The molecule has 0 radical (unpaired) electrons. The number of hydrogen-bond acceptors (Lipinski definition) is 4. The third-order valence-electron chi connectivity index (χ3n) is 1.96. The Bertz CT molecular complexity index is 487. The summed E-state index contributed by atoms with van der Waals surface area (Å²) in [4.78, 5) is 10.5. The molecule has 0 saturated heterocycles. The first-order chi connectivity index (χ1) is 9.10. The molecule has 1 rings (SSSR count). The van der Waals surface area contributed by atoms with Gasteiger partial charge in [0.15, 0.2) is 17.6 Å². The molecular formula is C10H7F5O5. The summed E-state index contributed by atoms with van der Waals surface area (Å²) in [5.74, 6) is -3.84. The highest BCUT2D eigenvalue weighted by atomic mass is 19.4. The van der Waals surface area contributed by atoms with Crippen LogP contribution in [0, 0.1) is 0 Å². The molecule has 0 aromatic heterocycles. The van der Waals surface area contributed by atoms with Crippen molar-refractivity contribution in [1.29, 1.82) is 0 Å². The summed E-state index contributed by atoms with van der Waals surface area (Å²) in [7, 11) is 0. The highest BCUT2D eigenvalue weighted by molar-refractivity contribution is 5.74. The van der Waals surface area contributed by atoms with Crippen LogP contribution in [-0.4, -0.2) is 29.2 Å². The highest BCUT2D eigenvalue weighted by Gasteiger charge is 2.33. The molecule has 0 spiro atoms. The van der Waals surface area contributed by atoms with Crippen molar-refractivity contribution < 1.29 is 46.4 Å². The molecule has 0 aliphatic rings. The SMILES string of the molecule is O=C(O)C(O)c1ccc(OC(F)(F)F)c(OC(F)F)c1. The van der Waals surface area contributed by atoms with E-state index < -0.39 is 42.1 Å². The van der Waals surface area contributed by atoms with Crippen LogP contribution in [0.3, 0.4) is 0 Å². The minimum atomic E-state index is -5.15. The van der Waals surface area contributed by atoms with Crippen molar-refractivity contribution in [3.63, 3.8) is 0 Å². The average molecular weight is 302 g/mol. The van der Waals surface area contributed by atoms with Crippen molar-refractivity contribution in [1.82, 2.24) is 0 Å². The Hall–Kier alpha value is -2.10. The number of carboxylic acids is 1. The zero-order valence-corrected chi connectivity index (χ0v) is 9.40. The molecule has 112 valence electrons. The Kier molecular flexibility index (Phi) is 4.71. The van der Waals surface area contributed by atoms with Crippen molar-refractivity contribution in [2.24, 2.45) is 0 Å². The van der Waals surface area contributed by atoms with Crippen LogP contribution in [0.25, 0.3) is 0 Å². The molecule has 0 aliphatic heterocycles. The van der Waals surface area contributed by atoms with Gasteiger partial charge < -0.3 is 19.7 Å². The Morgan fingerprint density at radius 2 is 1.80 bits per heavy atom. The van der Waals surface area contributed by atoms with Crippen LogP contribution >= 0.6 is 0 Å². The molecule has 0 bridgehead atoms. The van der Waals surface area contributed by atoms with Gasteiger partial charge in [0.2, 0.25) is 0 Å². The van der Waals surface area contributed by atoms with Crippen molar-refractivity contribution in [3.8, 4) is 11.5 Å². The lowest BCUT2D eigenvalue weighted by atomic mass is 10.1. The van der Waals surface area contributed by atoms with Crippen LogP contribution in [0.2, 0.25) is 0 Å². The van der Waals surface area contributed by atoms with Crippen molar-refractivity contribution in [2.45, 2.75) is 19.1 Å². The van der Waals surface area contributed by atoms with E-state index in [0.29, 0.717) is 12.1 Å². The van der Waals surface area contributed by atoms with E-state index in [2.05, 4.69) is 9.47 Å². The number of halogens is 5. The molecule has 1 aromatic rings. The lowest BCUT2D eigenvalue weighted by Gasteiger charge is -2.15. The Morgan fingerprint density at radius 1 is 1.20 bits per heavy atom. The average Bonchev–Trinajstić information content (AvgIpc) is 2.27. The lowest BCUT2D eigenvalue weighted by molar-refractivity contribution is -0.275. The number of benzene rings is 1. The molecule has 0 amide bonds. The first kappa shape index (κ1) is 16.0. The number of aliphatic carboxylic acids is 1. The molecule has 5 nitrogen and oxygen atoms in total. The van der Waals surface area contributed by atoms with Gasteiger partial charge in [-0.1, -0.05) is 6.07 Å². The van der Waals surface area contributed by atoms with Gasteiger partial charge in [0.05, 0.1) is 0 Å². The van der Waals surface area contributed by atoms with E-state index >= 15 is 0 Å². The first-order valence-corrected chi connectivity index (χ1v) is 4.85. The smallest absolute Gasteiger partial charge is 0.479 e. The molecular weight excluding hydrogens is 295 g/mol. The zero-order chi connectivity index (χ0) is 15.5. The number of carboxylic acid groups (broad SMARTS) is 1. The minimum absolute atomic E-state index is 0.442. The van der Waals surface area contributed by atoms with Gasteiger partial charge in [-0.15, -0.1) is 13.2 Å². The first-order valence-electron chi connectivity index (χ1n) is 4.85. The molecule has 0 saturated carbocycles. The van der Waals surface area contributed by atoms with E-state index in [9.17, 15) is 31.9 Å². The summed E-state index contributed by atoms with van der Waals surface area (Å²) in [5.41, 5.74) is -0.442. The van der Waals surface area contributed by atoms with Gasteiger partial charge in [-0.3, -0.25) is 0 Å². The van der Waals surface area contributed by atoms with Gasteiger partial charge >= 0.3 is 18.9 Å².